The van der Waals surface area contributed by atoms with Gasteiger partial charge < -0.3 is 19.4 Å². The van der Waals surface area contributed by atoms with Gasteiger partial charge in [-0.05, 0) is 53.0 Å². The predicted molar refractivity (Wildman–Crippen MR) is 133 cm³/mol. The first-order chi connectivity index (χ1) is 15.1. The molecule has 0 aliphatic carbocycles. The Morgan fingerprint density at radius 2 is 1.88 bits per heavy atom. The molecule has 0 atom stereocenters. The van der Waals surface area contributed by atoms with Gasteiger partial charge in [0, 0.05) is 42.4 Å². The maximum absolute atomic E-state index is 6.49. The average molecular weight is 517 g/mol. The van der Waals surface area contributed by atoms with Crippen molar-refractivity contribution >= 4 is 48.5 Å². The van der Waals surface area contributed by atoms with Gasteiger partial charge in [0.05, 0.1) is 25.0 Å². The summed E-state index contributed by atoms with van der Waals surface area (Å²) in [7, 11) is 0.390. The number of benzene rings is 1. The summed E-state index contributed by atoms with van der Waals surface area (Å²) >= 11 is 3.52. The highest BCUT2D eigenvalue weighted by atomic mass is 79.9. The third-order valence-corrected chi connectivity index (χ3v) is 7.07. The molecule has 7 nitrogen and oxygen atoms in total. The molecule has 32 heavy (non-hydrogen) atoms. The van der Waals surface area contributed by atoms with E-state index in [1.54, 1.807) is 12.4 Å². The van der Waals surface area contributed by atoms with Crippen molar-refractivity contribution in [2.24, 2.45) is 0 Å². The topological polar surface area (TPSA) is 63.9 Å². The second-order valence-electron chi connectivity index (χ2n) is 9.47. The van der Waals surface area contributed by atoms with Crippen LogP contribution in [0.25, 0.3) is 5.65 Å². The van der Waals surface area contributed by atoms with E-state index in [4.69, 9.17) is 9.16 Å². The molecule has 170 valence electrons. The van der Waals surface area contributed by atoms with Gasteiger partial charge in [-0.2, -0.15) is 0 Å². The van der Waals surface area contributed by atoms with Crippen molar-refractivity contribution in [1.29, 1.82) is 0 Å². The molecule has 2 aromatic heterocycles. The fourth-order valence-corrected chi connectivity index (χ4v) is 4.69. The largest absolute Gasteiger partial charge is 0.408 e. The van der Waals surface area contributed by atoms with Gasteiger partial charge in [0.1, 0.15) is 4.60 Å². The van der Waals surface area contributed by atoms with Gasteiger partial charge in [-0.3, -0.25) is 4.40 Å². The number of halogens is 1. The summed E-state index contributed by atoms with van der Waals surface area (Å²) in [6.45, 7) is 14.2. The Hall–Kier alpha value is -1.94. The molecule has 3 heterocycles. The Bertz CT molecular complexity index is 1090. The molecule has 4 rings (SSSR count). The van der Waals surface area contributed by atoms with Gasteiger partial charge in [0.25, 0.3) is 0 Å². The summed E-state index contributed by atoms with van der Waals surface area (Å²) in [6, 6.07) is 6.45. The first-order valence-corrected chi connectivity index (χ1v) is 12.5. The van der Waals surface area contributed by atoms with Gasteiger partial charge in [0.15, 0.2) is 11.5 Å². The van der Waals surface area contributed by atoms with Gasteiger partial charge in [-0.1, -0.05) is 20.8 Å². The van der Waals surface area contributed by atoms with Crippen molar-refractivity contribution in [2.45, 2.75) is 45.3 Å². The average Bonchev–Trinajstić information content (AvgIpc) is 3.26. The number of morpholine rings is 1. The minimum absolute atomic E-state index is 0.111. The molecule has 0 saturated carbocycles. The van der Waals surface area contributed by atoms with E-state index in [9.17, 15) is 0 Å². The van der Waals surface area contributed by atoms with Gasteiger partial charge in [-0.25, -0.2) is 9.97 Å². The standard InChI is InChI=1S/C23H30BrN5O2Si/c1-22(2,3)32-31-23(4,5)17-14-16(6-7-18(17)28-10-12-30-13-11-28)27-20-21-25-8-9-29(21)19(24)15-26-20/h6-9,14-15H,10-13H2,1-5H3,(H,26,27). The minimum Gasteiger partial charge on any atom is -0.408 e. The lowest BCUT2D eigenvalue weighted by atomic mass is 9.95. The van der Waals surface area contributed by atoms with Crippen molar-refractivity contribution in [1.82, 2.24) is 14.4 Å². The highest BCUT2D eigenvalue weighted by Gasteiger charge is 2.30. The molecule has 1 aromatic carbocycles. The molecular weight excluding hydrogens is 486 g/mol. The number of hydrogen-bond acceptors (Lipinski definition) is 6. The van der Waals surface area contributed by atoms with E-state index in [1.165, 1.54) is 5.69 Å². The van der Waals surface area contributed by atoms with Crippen LogP contribution in [-0.4, -0.2) is 50.4 Å². The van der Waals surface area contributed by atoms with E-state index >= 15 is 0 Å². The number of aromatic nitrogens is 3. The summed E-state index contributed by atoms with van der Waals surface area (Å²) in [5.41, 5.74) is 3.61. The maximum atomic E-state index is 6.49. The van der Waals surface area contributed by atoms with Crippen molar-refractivity contribution in [2.75, 3.05) is 36.5 Å². The van der Waals surface area contributed by atoms with Crippen molar-refractivity contribution in [3.63, 3.8) is 0 Å². The number of rotatable bonds is 6. The molecule has 1 fully saturated rings. The second-order valence-corrected chi connectivity index (χ2v) is 12.2. The summed E-state index contributed by atoms with van der Waals surface area (Å²) in [5, 5.41) is 3.57. The molecule has 0 spiro atoms. The lowest BCUT2D eigenvalue weighted by molar-refractivity contribution is 0.107. The number of ether oxygens (including phenoxy) is 1. The van der Waals surface area contributed by atoms with Crippen molar-refractivity contribution in [3.05, 3.63) is 47.0 Å². The number of nitrogens with one attached hydrogen (secondary N) is 1. The molecule has 1 N–H and O–H groups in total. The zero-order valence-corrected chi connectivity index (χ0v) is 21.9. The van der Waals surface area contributed by atoms with E-state index in [1.807, 2.05) is 10.6 Å². The van der Waals surface area contributed by atoms with E-state index < -0.39 is 5.60 Å². The number of hydrogen-bond donors (Lipinski definition) is 1. The summed E-state index contributed by atoms with van der Waals surface area (Å²) < 4.78 is 14.9. The molecule has 3 aromatic rings. The fraction of sp³-hybridized carbons (Fsp3) is 0.478. The Morgan fingerprint density at radius 3 is 2.59 bits per heavy atom. The van der Waals surface area contributed by atoms with Crippen LogP contribution in [0.5, 0.6) is 0 Å². The van der Waals surface area contributed by atoms with E-state index in [0.29, 0.717) is 15.6 Å². The Labute approximate surface area is 200 Å². The number of anilines is 3. The summed E-state index contributed by atoms with van der Waals surface area (Å²) in [6.07, 6.45) is 5.45. The Balaban J connectivity index is 1.70. The maximum Gasteiger partial charge on any atom is 0.236 e. The third-order valence-electron chi connectivity index (χ3n) is 5.25. The number of nitrogens with zero attached hydrogens (tertiary/aromatic N) is 4. The first-order valence-electron chi connectivity index (χ1n) is 10.8. The molecule has 2 radical (unpaired) electrons. The first kappa shape index (κ1) is 23.2. The highest BCUT2D eigenvalue weighted by molar-refractivity contribution is 9.10. The SMILES string of the molecule is CC(C)(C)[Si]OC(C)(C)c1cc(Nc2ncc(Br)n3ccnc23)ccc1N1CCOCC1. The molecular formula is C23H30BrN5O2Si. The quantitative estimate of drug-likeness (QED) is 0.457. The Kier molecular flexibility index (Phi) is 6.62. The van der Waals surface area contributed by atoms with Crippen LogP contribution in [0.3, 0.4) is 0 Å². The van der Waals surface area contributed by atoms with Crippen molar-refractivity contribution in [3.8, 4) is 0 Å². The molecule has 0 unspecified atom stereocenters. The molecule has 9 heteroatoms. The normalized spacial score (nSPS) is 15.4. The van der Waals surface area contributed by atoms with E-state index in [-0.39, 0.29) is 5.04 Å². The summed E-state index contributed by atoms with van der Waals surface area (Å²) in [5.74, 6) is 0.707. The van der Waals surface area contributed by atoms with Gasteiger partial charge in [0.2, 0.25) is 9.76 Å². The van der Waals surface area contributed by atoms with Crippen LogP contribution in [0.1, 0.15) is 40.2 Å². The van der Waals surface area contributed by atoms with E-state index in [0.717, 1.165) is 47.8 Å². The molecule has 1 saturated heterocycles. The highest BCUT2D eigenvalue weighted by Crippen LogP contribution is 2.38. The minimum atomic E-state index is -0.452. The molecule has 0 bridgehead atoms. The molecule has 1 aliphatic heterocycles. The summed E-state index contributed by atoms with van der Waals surface area (Å²) in [4.78, 5) is 11.4. The zero-order chi connectivity index (χ0) is 22.9. The molecule has 1 aliphatic rings. The van der Waals surface area contributed by atoms with Crippen LogP contribution < -0.4 is 10.2 Å². The van der Waals surface area contributed by atoms with Crippen LogP contribution in [-0.2, 0) is 14.8 Å². The third kappa shape index (κ3) is 5.17. The molecule has 0 amide bonds. The fourth-order valence-electron chi connectivity index (χ4n) is 3.63. The van der Waals surface area contributed by atoms with Gasteiger partial charge in [-0.15, -0.1) is 0 Å². The van der Waals surface area contributed by atoms with Crippen LogP contribution in [0.2, 0.25) is 5.04 Å². The number of imidazole rings is 1. The number of fused-ring (bicyclic) bond motifs is 1. The lowest BCUT2D eigenvalue weighted by Gasteiger charge is -2.36. The van der Waals surface area contributed by atoms with Crippen LogP contribution in [0.4, 0.5) is 17.2 Å². The predicted octanol–water partition coefficient (Wildman–Crippen LogP) is 5.16. The van der Waals surface area contributed by atoms with Gasteiger partial charge >= 0.3 is 0 Å². The lowest BCUT2D eigenvalue weighted by Crippen LogP contribution is -2.38. The van der Waals surface area contributed by atoms with E-state index in [2.05, 4.69) is 88.9 Å². The van der Waals surface area contributed by atoms with Crippen LogP contribution in [0.15, 0.2) is 41.4 Å². The zero-order valence-electron chi connectivity index (χ0n) is 19.3. The smallest absolute Gasteiger partial charge is 0.236 e. The van der Waals surface area contributed by atoms with Crippen molar-refractivity contribution < 1.29 is 9.16 Å². The van der Waals surface area contributed by atoms with Crippen LogP contribution in [0, 0.1) is 0 Å². The Morgan fingerprint density at radius 1 is 1.12 bits per heavy atom. The van der Waals surface area contributed by atoms with Crippen LogP contribution >= 0.6 is 15.9 Å². The monoisotopic (exact) mass is 515 g/mol. The second kappa shape index (κ2) is 9.13.